The largest absolute Gasteiger partial charge is 0.466 e. The fraction of sp³-hybridized carbons (Fsp3) is 0.294. The number of carbonyl (C=O) groups is 1. The lowest BCUT2D eigenvalue weighted by Crippen LogP contribution is -2.41. The zero-order valence-electron chi connectivity index (χ0n) is 13.7. The van der Waals surface area contributed by atoms with Crippen molar-refractivity contribution < 1.29 is 14.3 Å². The molecule has 0 saturated carbocycles. The van der Waals surface area contributed by atoms with Crippen LogP contribution in [-0.2, 0) is 12.6 Å². The summed E-state index contributed by atoms with van der Waals surface area (Å²) in [6.07, 6.45) is 1.51. The Morgan fingerprint density at radius 1 is 1.42 bits per heavy atom. The Bertz CT molecular complexity index is 801. The first-order valence-electron chi connectivity index (χ1n) is 7.52. The van der Waals surface area contributed by atoms with Gasteiger partial charge in [-0.15, -0.1) is 11.3 Å². The predicted octanol–water partition coefficient (Wildman–Crippen LogP) is 2.36. The van der Waals surface area contributed by atoms with Crippen molar-refractivity contribution in [2.45, 2.75) is 19.4 Å². The second-order valence-electron chi connectivity index (χ2n) is 5.67. The van der Waals surface area contributed by atoms with Gasteiger partial charge in [-0.05, 0) is 37.4 Å². The smallest absolute Gasteiger partial charge is 0.255 e. The van der Waals surface area contributed by atoms with Crippen LogP contribution in [0.4, 0.5) is 0 Å². The van der Waals surface area contributed by atoms with Crippen LogP contribution in [0.3, 0.4) is 0 Å². The number of hydrogen-bond donors (Lipinski definition) is 2. The van der Waals surface area contributed by atoms with E-state index in [1.54, 1.807) is 30.8 Å². The first kappa shape index (κ1) is 16.5. The molecule has 0 aliphatic rings. The quantitative estimate of drug-likeness (QED) is 0.744. The molecule has 0 aromatic carbocycles. The van der Waals surface area contributed by atoms with Crippen LogP contribution < -0.4 is 5.32 Å². The molecule has 0 fully saturated rings. The molecule has 3 rings (SSSR count). The Hall–Kier alpha value is -2.38. The lowest BCUT2D eigenvalue weighted by molar-refractivity contribution is 0.0554. The molecular weight excluding hydrogens is 326 g/mol. The summed E-state index contributed by atoms with van der Waals surface area (Å²) >= 11 is 1.41. The van der Waals surface area contributed by atoms with Gasteiger partial charge in [-0.2, -0.15) is 5.10 Å². The second-order valence-corrected chi connectivity index (χ2v) is 6.61. The highest BCUT2D eigenvalue weighted by Gasteiger charge is 2.36. The van der Waals surface area contributed by atoms with Crippen molar-refractivity contribution >= 4 is 17.2 Å². The number of rotatable bonds is 5. The molecule has 7 heteroatoms. The molecule has 0 aliphatic carbocycles. The third kappa shape index (κ3) is 2.76. The van der Waals surface area contributed by atoms with Gasteiger partial charge in [0.1, 0.15) is 5.76 Å². The van der Waals surface area contributed by atoms with Crippen LogP contribution in [0.1, 0.15) is 32.4 Å². The summed E-state index contributed by atoms with van der Waals surface area (Å²) < 4.78 is 7.07. The van der Waals surface area contributed by atoms with E-state index in [1.165, 1.54) is 17.6 Å². The minimum Gasteiger partial charge on any atom is -0.466 e. The summed E-state index contributed by atoms with van der Waals surface area (Å²) in [5.41, 5.74) is 0.565. The van der Waals surface area contributed by atoms with Crippen LogP contribution in [0, 0.1) is 13.8 Å². The maximum absolute atomic E-state index is 12.6. The van der Waals surface area contributed by atoms with Crippen LogP contribution in [0.25, 0.3) is 0 Å². The number of thiophene rings is 1. The first-order chi connectivity index (χ1) is 11.4. The van der Waals surface area contributed by atoms with Crippen molar-refractivity contribution in [1.29, 1.82) is 0 Å². The lowest BCUT2D eigenvalue weighted by atomic mass is 9.98. The van der Waals surface area contributed by atoms with Crippen LogP contribution in [-0.4, -0.2) is 27.3 Å². The molecule has 0 unspecified atom stereocenters. The van der Waals surface area contributed by atoms with Crippen molar-refractivity contribution in [2.75, 3.05) is 6.54 Å². The number of furan rings is 1. The van der Waals surface area contributed by atoms with E-state index >= 15 is 0 Å². The molecule has 0 spiro atoms. The third-order valence-electron chi connectivity index (χ3n) is 4.10. The van der Waals surface area contributed by atoms with Gasteiger partial charge in [0, 0.05) is 17.6 Å². The SMILES string of the molecule is Cc1nn(C)c(C)c1C(=O)NC[C@@](O)(c1ccco1)c1cccs1. The standard InChI is InChI=1S/C17H19N3O3S/c1-11-15(12(2)20(3)19-11)16(21)18-10-17(22,13-6-4-8-23-13)14-7-5-9-24-14/h4-9,22H,10H2,1-3H3,(H,18,21)/t17-/m1/s1. The molecule has 0 aliphatic heterocycles. The number of hydrogen-bond acceptors (Lipinski definition) is 5. The van der Waals surface area contributed by atoms with Crippen molar-refractivity contribution in [2.24, 2.45) is 7.05 Å². The minimum absolute atomic E-state index is 0.00757. The highest BCUT2D eigenvalue weighted by Crippen LogP contribution is 2.32. The molecular formula is C17H19N3O3S. The average molecular weight is 345 g/mol. The average Bonchev–Trinajstić information content (AvgIpc) is 3.28. The van der Waals surface area contributed by atoms with Gasteiger partial charge in [-0.1, -0.05) is 6.07 Å². The molecule has 3 aromatic heterocycles. The summed E-state index contributed by atoms with van der Waals surface area (Å²) in [6, 6.07) is 7.09. The van der Waals surface area contributed by atoms with Gasteiger partial charge in [0.2, 0.25) is 0 Å². The van der Waals surface area contributed by atoms with E-state index in [9.17, 15) is 9.90 Å². The zero-order chi connectivity index (χ0) is 17.3. The lowest BCUT2D eigenvalue weighted by Gasteiger charge is -2.25. The number of carbonyl (C=O) groups excluding carboxylic acids is 1. The van der Waals surface area contributed by atoms with Crippen LogP contribution in [0.5, 0.6) is 0 Å². The number of nitrogens with zero attached hydrogens (tertiary/aromatic N) is 2. The van der Waals surface area contributed by atoms with Crippen LogP contribution in [0.2, 0.25) is 0 Å². The van der Waals surface area contributed by atoms with Crippen LogP contribution >= 0.6 is 11.3 Å². The predicted molar refractivity (Wildman–Crippen MR) is 91.0 cm³/mol. The van der Waals surface area contributed by atoms with E-state index in [1.807, 2.05) is 24.4 Å². The maximum Gasteiger partial charge on any atom is 0.255 e. The van der Waals surface area contributed by atoms with Gasteiger partial charge < -0.3 is 14.8 Å². The summed E-state index contributed by atoms with van der Waals surface area (Å²) in [6.45, 7) is 3.64. The van der Waals surface area contributed by atoms with Crippen molar-refractivity contribution in [3.63, 3.8) is 0 Å². The van der Waals surface area contributed by atoms with E-state index in [0.29, 0.717) is 21.9 Å². The summed E-state index contributed by atoms with van der Waals surface area (Å²) in [5.74, 6) is 0.129. The first-order valence-corrected chi connectivity index (χ1v) is 8.40. The normalized spacial score (nSPS) is 13.7. The molecule has 0 radical (unpaired) electrons. The Morgan fingerprint density at radius 2 is 2.21 bits per heavy atom. The van der Waals surface area contributed by atoms with Gasteiger partial charge in [0.15, 0.2) is 5.60 Å². The van der Waals surface area contributed by atoms with Gasteiger partial charge in [-0.3, -0.25) is 9.48 Å². The number of amides is 1. The number of aryl methyl sites for hydroxylation is 2. The van der Waals surface area contributed by atoms with E-state index in [0.717, 1.165) is 5.69 Å². The maximum atomic E-state index is 12.6. The molecule has 1 atom stereocenters. The van der Waals surface area contributed by atoms with Crippen molar-refractivity contribution in [3.8, 4) is 0 Å². The number of aromatic nitrogens is 2. The van der Waals surface area contributed by atoms with Gasteiger partial charge in [-0.25, -0.2) is 0 Å². The zero-order valence-corrected chi connectivity index (χ0v) is 14.6. The summed E-state index contributed by atoms with van der Waals surface area (Å²) in [4.78, 5) is 13.3. The van der Waals surface area contributed by atoms with Crippen molar-refractivity contribution in [1.82, 2.24) is 15.1 Å². The molecule has 2 N–H and O–H groups in total. The molecule has 0 saturated heterocycles. The molecule has 24 heavy (non-hydrogen) atoms. The number of nitrogens with one attached hydrogen (secondary N) is 1. The van der Waals surface area contributed by atoms with E-state index in [2.05, 4.69) is 10.4 Å². The summed E-state index contributed by atoms with van der Waals surface area (Å²) in [7, 11) is 1.80. The highest BCUT2D eigenvalue weighted by atomic mass is 32.1. The Labute approximate surface area is 143 Å². The van der Waals surface area contributed by atoms with Crippen LogP contribution in [0.15, 0.2) is 40.3 Å². The fourth-order valence-electron chi connectivity index (χ4n) is 2.72. The minimum atomic E-state index is -1.41. The van der Waals surface area contributed by atoms with Gasteiger partial charge in [0.05, 0.1) is 24.1 Å². The van der Waals surface area contributed by atoms with Gasteiger partial charge in [0.25, 0.3) is 5.91 Å². The van der Waals surface area contributed by atoms with E-state index in [-0.39, 0.29) is 12.5 Å². The fourth-order valence-corrected chi connectivity index (χ4v) is 3.55. The second kappa shape index (κ2) is 6.26. The molecule has 3 heterocycles. The Kier molecular flexibility index (Phi) is 4.29. The molecule has 126 valence electrons. The third-order valence-corrected chi connectivity index (χ3v) is 5.12. The molecule has 6 nitrogen and oxygen atoms in total. The number of aliphatic hydroxyl groups is 1. The summed E-state index contributed by atoms with van der Waals surface area (Å²) in [5, 5.41) is 20.1. The van der Waals surface area contributed by atoms with Crippen molar-refractivity contribution in [3.05, 3.63) is 63.5 Å². The molecule has 0 bridgehead atoms. The van der Waals surface area contributed by atoms with E-state index < -0.39 is 5.60 Å². The topological polar surface area (TPSA) is 80.3 Å². The monoisotopic (exact) mass is 345 g/mol. The Balaban J connectivity index is 1.86. The molecule has 1 amide bonds. The Morgan fingerprint density at radius 3 is 2.75 bits per heavy atom. The molecule has 3 aromatic rings. The highest BCUT2D eigenvalue weighted by molar-refractivity contribution is 7.10. The van der Waals surface area contributed by atoms with E-state index in [4.69, 9.17) is 4.42 Å². The van der Waals surface area contributed by atoms with Gasteiger partial charge >= 0.3 is 0 Å².